The van der Waals surface area contributed by atoms with E-state index in [9.17, 15) is 5.11 Å². The van der Waals surface area contributed by atoms with E-state index >= 15 is 0 Å². The summed E-state index contributed by atoms with van der Waals surface area (Å²) in [5, 5.41) is 13.9. The van der Waals surface area contributed by atoms with Gasteiger partial charge < -0.3 is 5.32 Å². The Morgan fingerprint density at radius 1 is 1.50 bits per heavy atom. The first-order valence-corrected chi connectivity index (χ1v) is 3.27. The molecule has 1 heterocycles. The summed E-state index contributed by atoms with van der Waals surface area (Å²) in [5.41, 5.74) is 0. The minimum Gasteiger partial charge on any atom is -0.311 e. The molecule has 0 aromatic rings. The molecule has 0 aromatic heterocycles. The predicted octanol–water partition coefficient (Wildman–Crippen LogP) is 0.167. The van der Waals surface area contributed by atoms with E-state index < -0.39 is 0 Å². The van der Waals surface area contributed by atoms with Gasteiger partial charge in [0.2, 0.25) is 0 Å². The Morgan fingerprint density at radius 2 is 2.38 bits per heavy atom. The van der Waals surface area contributed by atoms with Crippen LogP contribution in [0.2, 0.25) is 0 Å². The Hall–Kier alpha value is -0.0800. The second-order valence-corrected chi connectivity index (χ2v) is 2.80. The molecule has 1 N–H and O–H groups in total. The first kappa shape index (κ1) is 4.77. The molecule has 3 atom stereocenters. The molecule has 2 fully saturated rings. The van der Waals surface area contributed by atoms with E-state index in [0.717, 1.165) is 18.9 Å². The number of hydrogen-bond acceptors (Lipinski definition) is 1. The molecule has 1 saturated heterocycles. The van der Waals surface area contributed by atoms with Crippen LogP contribution in [0, 0.1) is 5.92 Å². The molecule has 2 heteroatoms. The van der Waals surface area contributed by atoms with Crippen molar-refractivity contribution in [2.75, 3.05) is 6.54 Å². The van der Waals surface area contributed by atoms with Gasteiger partial charge in [0.05, 0.1) is 0 Å². The van der Waals surface area contributed by atoms with Gasteiger partial charge in [0.1, 0.15) is 6.10 Å². The van der Waals surface area contributed by atoms with Crippen LogP contribution in [-0.4, -0.2) is 18.7 Å². The van der Waals surface area contributed by atoms with Crippen molar-refractivity contribution in [1.82, 2.24) is 5.32 Å². The molecule has 0 spiro atoms. The van der Waals surface area contributed by atoms with Crippen molar-refractivity contribution in [3.8, 4) is 0 Å². The lowest BCUT2D eigenvalue weighted by molar-refractivity contribution is -0.0330. The van der Waals surface area contributed by atoms with Gasteiger partial charge in [0, 0.05) is 6.04 Å². The van der Waals surface area contributed by atoms with Crippen molar-refractivity contribution in [3.63, 3.8) is 0 Å². The molecule has 3 unspecified atom stereocenters. The van der Waals surface area contributed by atoms with Crippen LogP contribution in [0.15, 0.2) is 0 Å². The Morgan fingerprint density at radius 3 is 2.88 bits per heavy atom. The summed E-state index contributed by atoms with van der Waals surface area (Å²) < 4.78 is 0. The molecule has 45 valence electrons. The molecule has 2 nitrogen and oxygen atoms in total. The molecule has 1 radical (unpaired) electrons. The molecule has 2 rings (SSSR count). The topological polar surface area (TPSA) is 31.9 Å². The van der Waals surface area contributed by atoms with Gasteiger partial charge in [-0.05, 0) is 25.3 Å². The monoisotopic (exact) mass is 112 g/mol. The fourth-order valence-corrected chi connectivity index (χ4v) is 1.73. The van der Waals surface area contributed by atoms with Crippen LogP contribution in [0.4, 0.5) is 0 Å². The summed E-state index contributed by atoms with van der Waals surface area (Å²) in [4.78, 5) is 0. The van der Waals surface area contributed by atoms with Gasteiger partial charge in [0.15, 0.2) is 0 Å². The third kappa shape index (κ3) is 0.446. The number of fused-ring (bicyclic) bond motifs is 1. The van der Waals surface area contributed by atoms with Crippen molar-refractivity contribution in [1.29, 1.82) is 0 Å². The van der Waals surface area contributed by atoms with Gasteiger partial charge in [-0.1, -0.05) is 0 Å². The SMILES string of the molecule is [O]C1CC2CCNC12. The molecule has 2 aliphatic rings. The Labute approximate surface area is 48.9 Å². The smallest absolute Gasteiger partial charge is 0.109 e. The van der Waals surface area contributed by atoms with Crippen molar-refractivity contribution in [3.05, 3.63) is 0 Å². The largest absolute Gasteiger partial charge is 0.311 e. The fourth-order valence-electron chi connectivity index (χ4n) is 1.73. The maximum atomic E-state index is 10.7. The summed E-state index contributed by atoms with van der Waals surface area (Å²) in [7, 11) is 0. The maximum absolute atomic E-state index is 10.7. The van der Waals surface area contributed by atoms with Gasteiger partial charge >= 0.3 is 0 Å². The Kier molecular flexibility index (Phi) is 0.866. The summed E-state index contributed by atoms with van der Waals surface area (Å²) in [5.74, 6) is 0.748. The normalized spacial score (nSPS) is 52.9. The van der Waals surface area contributed by atoms with Crippen LogP contribution in [0.5, 0.6) is 0 Å². The summed E-state index contributed by atoms with van der Waals surface area (Å²) in [6, 6.07) is 0.356. The van der Waals surface area contributed by atoms with Gasteiger partial charge in [0.25, 0.3) is 0 Å². The van der Waals surface area contributed by atoms with Gasteiger partial charge in [-0.3, -0.25) is 0 Å². The van der Waals surface area contributed by atoms with Crippen LogP contribution in [0.1, 0.15) is 12.8 Å². The first-order chi connectivity index (χ1) is 3.88. The predicted molar refractivity (Wildman–Crippen MR) is 29.0 cm³/mol. The lowest BCUT2D eigenvalue weighted by Gasteiger charge is -2.34. The molecule has 1 saturated carbocycles. The highest BCUT2D eigenvalue weighted by atomic mass is 16.3. The van der Waals surface area contributed by atoms with Crippen molar-refractivity contribution < 1.29 is 5.11 Å². The lowest BCUT2D eigenvalue weighted by Crippen LogP contribution is -2.48. The Bertz CT molecular complexity index is 105. The molecular formula is C6H10NO. The molecule has 0 bridgehead atoms. The third-order valence-corrected chi connectivity index (χ3v) is 2.34. The Balaban J connectivity index is 2.02. The second-order valence-electron chi connectivity index (χ2n) is 2.80. The van der Waals surface area contributed by atoms with E-state index in [2.05, 4.69) is 5.32 Å². The lowest BCUT2D eigenvalue weighted by atomic mass is 9.78. The van der Waals surface area contributed by atoms with Gasteiger partial charge in [-0.15, -0.1) is 0 Å². The third-order valence-electron chi connectivity index (χ3n) is 2.34. The number of rotatable bonds is 0. The highest BCUT2D eigenvalue weighted by Crippen LogP contribution is 2.34. The molecule has 1 aliphatic heterocycles. The molecule has 0 amide bonds. The van der Waals surface area contributed by atoms with Crippen LogP contribution in [-0.2, 0) is 5.11 Å². The van der Waals surface area contributed by atoms with E-state index in [1.165, 1.54) is 6.42 Å². The van der Waals surface area contributed by atoms with E-state index in [4.69, 9.17) is 0 Å². The van der Waals surface area contributed by atoms with Gasteiger partial charge in [-0.25, -0.2) is 5.11 Å². The highest BCUT2D eigenvalue weighted by Gasteiger charge is 2.43. The zero-order chi connectivity index (χ0) is 5.56. The molecule has 0 aromatic carbocycles. The van der Waals surface area contributed by atoms with E-state index in [1.807, 2.05) is 0 Å². The van der Waals surface area contributed by atoms with E-state index in [1.54, 1.807) is 0 Å². The highest BCUT2D eigenvalue weighted by molar-refractivity contribution is 4.98. The molecular weight excluding hydrogens is 102 g/mol. The van der Waals surface area contributed by atoms with Crippen molar-refractivity contribution in [2.24, 2.45) is 5.92 Å². The number of nitrogens with one attached hydrogen (secondary N) is 1. The molecule has 8 heavy (non-hydrogen) atoms. The maximum Gasteiger partial charge on any atom is 0.109 e. The van der Waals surface area contributed by atoms with Crippen LogP contribution < -0.4 is 5.32 Å². The average molecular weight is 112 g/mol. The van der Waals surface area contributed by atoms with E-state index in [-0.39, 0.29) is 6.10 Å². The zero-order valence-corrected chi connectivity index (χ0v) is 4.76. The fraction of sp³-hybridized carbons (Fsp3) is 1.00. The van der Waals surface area contributed by atoms with Crippen molar-refractivity contribution >= 4 is 0 Å². The standard InChI is InChI=1S/C6H10NO/c8-5-3-4-1-2-7-6(4)5/h4-7H,1-3H2. The average Bonchev–Trinajstić information content (AvgIpc) is 2.09. The van der Waals surface area contributed by atoms with Crippen molar-refractivity contribution in [2.45, 2.75) is 25.0 Å². The summed E-state index contributed by atoms with van der Waals surface area (Å²) in [6.07, 6.45) is 1.89. The minimum atomic E-state index is -0.275. The van der Waals surface area contributed by atoms with Crippen LogP contribution in [0.3, 0.4) is 0 Å². The number of hydrogen-bond donors (Lipinski definition) is 1. The van der Waals surface area contributed by atoms with Crippen LogP contribution in [0.25, 0.3) is 0 Å². The molecule has 1 aliphatic carbocycles. The van der Waals surface area contributed by atoms with Gasteiger partial charge in [-0.2, -0.15) is 0 Å². The minimum absolute atomic E-state index is 0.275. The van der Waals surface area contributed by atoms with Crippen LogP contribution >= 0.6 is 0 Å². The summed E-state index contributed by atoms with van der Waals surface area (Å²) in [6.45, 7) is 1.08. The summed E-state index contributed by atoms with van der Waals surface area (Å²) >= 11 is 0. The van der Waals surface area contributed by atoms with E-state index in [0.29, 0.717) is 6.04 Å². The second kappa shape index (κ2) is 1.45. The quantitative estimate of drug-likeness (QED) is 0.476. The zero-order valence-electron chi connectivity index (χ0n) is 4.76. The first-order valence-electron chi connectivity index (χ1n) is 3.27.